The predicted molar refractivity (Wildman–Crippen MR) is 74.7 cm³/mol. The third-order valence-corrected chi connectivity index (χ3v) is 5.26. The maximum atomic E-state index is 12.3. The second kappa shape index (κ2) is 4.32. The number of aryl methyl sites for hydroxylation is 1. The fourth-order valence-corrected chi connectivity index (χ4v) is 3.72. The Balaban J connectivity index is 1.37. The molecule has 4 atom stereocenters. The lowest BCUT2D eigenvalue weighted by Gasteiger charge is -2.13. The van der Waals surface area contributed by atoms with Gasteiger partial charge in [0.1, 0.15) is 0 Å². The fourth-order valence-electron chi connectivity index (χ4n) is 3.72. The summed E-state index contributed by atoms with van der Waals surface area (Å²) in [5.74, 6) is 2.15. The molecule has 3 aliphatic rings. The number of fused-ring (bicyclic) bond motifs is 1. The molecule has 1 aromatic rings. The van der Waals surface area contributed by atoms with Gasteiger partial charge < -0.3 is 11.1 Å². The molecule has 5 nitrogen and oxygen atoms in total. The van der Waals surface area contributed by atoms with E-state index in [0.717, 1.165) is 18.5 Å². The molecule has 108 valence electrons. The van der Waals surface area contributed by atoms with Crippen molar-refractivity contribution in [3.63, 3.8) is 0 Å². The molecule has 3 fully saturated rings. The number of rotatable bonds is 4. The topological polar surface area (TPSA) is 72.9 Å². The van der Waals surface area contributed by atoms with Crippen LogP contribution < -0.4 is 11.1 Å². The van der Waals surface area contributed by atoms with E-state index in [1.165, 1.54) is 18.5 Å². The number of carbonyl (C=O) groups excluding carboxylic acids is 1. The summed E-state index contributed by atoms with van der Waals surface area (Å²) in [7, 11) is 1.95. The molecule has 3 aliphatic carbocycles. The van der Waals surface area contributed by atoms with Gasteiger partial charge in [0.25, 0.3) is 0 Å². The van der Waals surface area contributed by atoms with Crippen molar-refractivity contribution in [2.45, 2.75) is 44.2 Å². The summed E-state index contributed by atoms with van der Waals surface area (Å²) in [4.78, 5) is 12.3. The van der Waals surface area contributed by atoms with Crippen LogP contribution in [0.25, 0.3) is 0 Å². The van der Waals surface area contributed by atoms with Crippen molar-refractivity contribution in [1.82, 2.24) is 15.1 Å². The lowest BCUT2D eigenvalue weighted by atomic mass is 10.0. The van der Waals surface area contributed by atoms with Crippen LogP contribution in [0, 0.1) is 17.8 Å². The van der Waals surface area contributed by atoms with Gasteiger partial charge in [-0.1, -0.05) is 0 Å². The Labute approximate surface area is 118 Å². The van der Waals surface area contributed by atoms with Gasteiger partial charge in [-0.3, -0.25) is 9.48 Å². The minimum atomic E-state index is 0.145. The molecule has 0 spiro atoms. The van der Waals surface area contributed by atoms with Crippen LogP contribution in [-0.2, 0) is 18.4 Å². The normalized spacial score (nSPS) is 34.9. The number of hydrogen-bond acceptors (Lipinski definition) is 3. The smallest absolute Gasteiger partial charge is 0.223 e. The number of hydrogen-bond donors (Lipinski definition) is 2. The highest BCUT2D eigenvalue weighted by Crippen LogP contribution is 2.54. The first-order chi connectivity index (χ1) is 9.63. The van der Waals surface area contributed by atoms with Gasteiger partial charge in [0.05, 0.1) is 17.9 Å². The van der Waals surface area contributed by atoms with Gasteiger partial charge in [-0.15, -0.1) is 0 Å². The van der Waals surface area contributed by atoms with E-state index < -0.39 is 0 Å². The van der Waals surface area contributed by atoms with Crippen LogP contribution in [0.1, 0.15) is 43.0 Å². The molecule has 0 unspecified atom stereocenters. The first-order valence-corrected chi connectivity index (χ1v) is 7.69. The van der Waals surface area contributed by atoms with Crippen molar-refractivity contribution < 1.29 is 4.79 Å². The molecular weight excluding hydrogens is 252 g/mol. The largest absolute Gasteiger partial charge is 0.350 e. The summed E-state index contributed by atoms with van der Waals surface area (Å²) in [5, 5.41) is 7.61. The number of carbonyl (C=O) groups is 1. The summed E-state index contributed by atoms with van der Waals surface area (Å²) in [6.45, 7) is 0.582. The molecule has 5 heteroatoms. The van der Waals surface area contributed by atoms with Crippen LogP contribution >= 0.6 is 0 Å². The maximum absolute atomic E-state index is 12.3. The van der Waals surface area contributed by atoms with Crippen molar-refractivity contribution in [3.8, 4) is 0 Å². The molecule has 1 amide bonds. The molecular formula is C15H22N4O. The van der Waals surface area contributed by atoms with Gasteiger partial charge in [0.2, 0.25) is 5.91 Å². The van der Waals surface area contributed by atoms with E-state index in [2.05, 4.69) is 16.5 Å². The maximum Gasteiger partial charge on any atom is 0.223 e. The molecule has 0 saturated heterocycles. The number of nitrogens with one attached hydrogen (secondary N) is 1. The molecule has 0 aromatic carbocycles. The second-order valence-electron chi connectivity index (χ2n) is 6.75. The molecule has 0 aliphatic heterocycles. The third-order valence-electron chi connectivity index (χ3n) is 5.26. The average molecular weight is 274 g/mol. The standard InChI is InChI=1S/C15H22N4O/c1-19-9(4-14(18-19)8-2-3-8)7-17-15(20)12-6-13(16)11-5-10(11)12/h4,8,10-13H,2-3,5-7,16H2,1H3,(H,17,20)/t10-,11+,12-,13+/m1/s1. The van der Waals surface area contributed by atoms with Gasteiger partial charge >= 0.3 is 0 Å². The Kier molecular flexibility index (Phi) is 2.67. The second-order valence-corrected chi connectivity index (χ2v) is 6.75. The average Bonchev–Trinajstić information content (AvgIpc) is 3.31. The number of amides is 1. The third kappa shape index (κ3) is 2.04. The van der Waals surface area contributed by atoms with Crippen LogP contribution in [0.2, 0.25) is 0 Å². The minimum Gasteiger partial charge on any atom is -0.350 e. The van der Waals surface area contributed by atoms with E-state index in [0.29, 0.717) is 24.3 Å². The van der Waals surface area contributed by atoms with Crippen LogP contribution in [0.4, 0.5) is 0 Å². The summed E-state index contributed by atoms with van der Waals surface area (Å²) in [6.07, 6.45) is 4.52. The molecule has 1 aromatic heterocycles. The fraction of sp³-hybridized carbons (Fsp3) is 0.733. The molecule has 3 saturated carbocycles. The van der Waals surface area contributed by atoms with Crippen LogP contribution in [0.15, 0.2) is 6.07 Å². The van der Waals surface area contributed by atoms with Crippen molar-refractivity contribution >= 4 is 5.91 Å². The van der Waals surface area contributed by atoms with E-state index in [9.17, 15) is 4.79 Å². The monoisotopic (exact) mass is 274 g/mol. The van der Waals surface area contributed by atoms with E-state index in [-0.39, 0.29) is 17.9 Å². The Morgan fingerprint density at radius 1 is 1.45 bits per heavy atom. The van der Waals surface area contributed by atoms with Gasteiger partial charge in [-0.05, 0) is 43.6 Å². The van der Waals surface area contributed by atoms with Crippen molar-refractivity contribution in [3.05, 3.63) is 17.5 Å². The van der Waals surface area contributed by atoms with Crippen molar-refractivity contribution in [2.75, 3.05) is 0 Å². The Morgan fingerprint density at radius 3 is 2.85 bits per heavy atom. The first kappa shape index (κ1) is 12.4. The molecule has 4 rings (SSSR count). The zero-order valence-corrected chi connectivity index (χ0v) is 11.9. The molecule has 0 radical (unpaired) electrons. The molecule has 0 bridgehead atoms. The summed E-state index contributed by atoms with van der Waals surface area (Å²) >= 11 is 0. The Hall–Kier alpha value is -1.36. The highest BCUT2D eigenvalue weighted by atomic mass is 16.1. The Morgan fingerprint density at radius 2 is 2.25 bits per heavy atom. The van der Waals surface area contributed by atoms with Crippen LogP contribution in [-0.4, -0.2) is 21.7 Å². The summed E-state index contributed by atoms with van der Waals surface area (Å²) in [6, 6.07) is 2.38. The van der Waals surface area contributed by atoms with Crippen LogP contribution in [0.3, 0.4) is 0 Å². The van der Waals surface area contributed by atoms with Gasteiger partial charge in [-0.2, -0.15) is 5.10 Å². The summed E-state index contributed by atoms with van der Waals surface area (Å²) < 4.78 is 1.90. The quantitative estimate of drug-likeness (QED) is 0.856. The predicted octanol–water partition coefficient (Wildman–Crippen LogP) is 0.897. The van der Waals surface area contributed by atoms with E-state index in [1.807, 2.05) is 11.7 Å². The van der Waals surface area contributed by atoms with Crippen LogP contribution in [0.5, 0.6) is 0 Å². The summed E-state index contributed by atoms with van der Waals surface area (Å²) in [5.41, 5.74) is 8.30. The highest BCUT2D eigenvalue weighted by Gasteiger charge is 2.55. The Bertz CT molecular complexity index is 548. The first-order valence-electron chi connectivity index (χ1n) is 7.69. The van der Waals surface area contributed by atoms with E-state index >= 15 is 0 Å². The molecule has 20 heavy (non-hydrogen) atoms. The van der Waals surface area contributed by atoms with Gasteiger partial charge in [-0.25, -0.2) is 0 Å². The van der Waals surface area contributed by atoms with E-state index in [1.54, 1.807) is 0 Å². The van der Waals surface area contributed by atoms with Crippen molar-refractivity contribution in [2.24, 2.45) is 30.5 Å². The lowest BCUT2D eigenvalue weighted by molar-refractivity contribution is -0.125. The van der Waals surface area contributed by atoms with E-state index in [4.69, 9.17) is 5.73 Å². The van der Waals surface area contributed by atoms with Gasteiger partial charge in [0, 0.05) is 24.9 Å². The zero-order chi connectivity index (χ0) is 13.9. The minimum absolute atomic E-state index is 0.145. The zero-order valence-electron chi connectivity index (χ0n) is 11.9. The molecule has 3 N–H and O–H groups in total. The molecule has 1 heterocycles. The highest BCUT2D eigenvalue weighted by molar-refractivity contribution is 5.80. The van der Waals surface area contributed by atoms with Gasteiger partial charge in [0.15, 0.2) is 0 Å². The number of nitrogens with zero attached hydrogens (tertiary/aromatic N) is 2. The number of aromatic nitrogens is 2. The number of nitrogens with two attached hydrogens (primary N) is 1. The SMILES string of the molecule is Cn1nc(C2CC2)cc1CNC(=O)[C@@H]1C[C@H](N)[C@H]2C[C@H]21. The lowest BCUT2D eigenvalue weighted by Crippen LogP contribution is -2.32. The van der Waals surface area contributed by atoms with Crippen molar-refractivity contribution in [1.29, 1.82) is 0 Å².